The summed E-state index contributed by atoms with van der Waals surface area (Å²) in [7, 11) is 0. The number of rotatable bonds is 3. The van der Waals surface area contributed by atoms with Gasteiger partial charge in [0.15, 0.2) is 0 Å². The molecule has 88 valence electrons. The minimum Gasteiger partial charge on any atom is -0.366 e. The van der Waals surface area contributed by atoms with E-state index in [0.29, 0.717) is 11.6 Å². The highest BCUT2D eigenvalue weighted by atomic mass is 35.5. The number of carbonyl (C=O) groups excluding carboxylic acids is 1. The summed E-state index contributed by atoms with van der Waals surface area (Å²) in [5, 5.41) is 9.29. The van der Waals surface area contributed by atoms with Crippen LogP contribution in [0.2, 0.25) is 5.02 Å². The van der Waals surface area contributed by atoms with Gasteiger partial charge in [0.25, 0.3) is 5.91 Å². The summed E-state index contributed by atoms with van der Waals surface area (Å²) in [4.78, 5) is 15.3. The van der Waals surface area contributed by atoms with E-state index in [1.807, 2.05) is 12.1 Å². The van der Waals surface area contributed by atoms with Gasteiger partial charge in [0.05, 0.1) is 0 Å². The van der Waals surface area contributed by atoms with E-state index in [1.165, 1.54) is 0 Å². The third-order valence-corrected chi connectivity index (χ3v) is 2.29. The zero-order valence-corrected chi connectivity index (χ0v) is 9.53. The summed E-state index contributed by atoms with van der Waals surface area (Å²) >= 11 is 5.82. The fraction of sp³-hybridized carbons (Fsp3) is 0.100. The molecule has 0 unspecified atom stereocenters. The van der Waals surface area contributed by atoms with E-state index in [4.69, 9.17) is 17.3 Å². The third kappa shape index (κ3) is 2.94. The van der Waals surface area contributed by atoms with Crippen LogP contribution in [0.1, 0.15) is 16.2 Å². The molecular weight excluding hydrogens is 242 g/mol. The SMILES string of the molecule is Nc1n[nH]c(C(=O)NCc2cccc(Cl)c2)n1. The van der Waals surface area contributed by atoms with Crippen molar-refractivity contribution >= 4 is 23.5 Å². The summed E-state index contributed by atoms with van der Waals surface area (Å²) in [5.74, 6) is -0.239. The van der Waals surface area contributed by atoms with Crippen LogP contribution in [0.5, 0.6) is 0 Å². The summed E-state index contributed by atoms with van der Waals surface area (Å²) in [6, 6.07) is 7.22. The second kappa shape index (κ2) is 4.84. The number of H-pyrrole nitrogens is 1. The van der Waals surface area contributed by atoms with Gasteiger partial charge in [-0.05, 0) is 17.7 Å². The maximum absolute atomic E-state index is 11.6. The Morgan fingerprint density at radius 1 is 1.53 bits per heavy atom. The number of benzene rings is 1. The van der Waals surface area contributed by atoms with Gasteiger partial charge in [-0.3, -0.25) is 9.89 Å². The molecule has 0 saturated carbocycles. The number of carbonyl (C=O) groups is 1. The Kier molecular flexibility index (Phi) is 3.24. The van der Waals surface area contributed by atoms with E-state index < -0.39 is 0 Å². The maximum atomic E-state index is 11.6. The molecule has 0 saturated heterocycles. The number of hydrogen-bond donors (Lipinski definition) is 3. The molecule has 0 atom stereocenters. The number of aromatic amines is 1. The Bertz CT molecular complexity index is 539. The predicted octanol–water partition coefficient (Wildman–Crippen LogP) is 0.970. The molecule has 2 rings (SSSR count). The van der Waals surface area contributed by atoms with Crippen molar-refractivity contribution in [3.8, 4) is 0 Å². The van der Waals surface area contributed by atoms with Gasteiger partial charge < -0.3 is 11.1 Å². The molecule has 0 bridgehead atoms. The average molecular weight is 252 g/mol. The number of nitrogen functional groups attached to an aromatic ring is 1. The largest absolute Gasteiger partial charge is 0.366 e. The number of halogens is 1. The first-order valence-electron chi connectivity index (χ1n) is 4.85. The Balaban J connectivity index is 1.97. The van der Waals surface area contributed by atoms with Crippen molar-refractivity contribution in [2.45, 2.75) is 6.54 Å². The Morgan fingerprint density at radius 2 is 2.35 bits per heavy atom. The number of nitrogens with one attached hydrogen (secondary N) is 2. The summed E-state index contributed by atoms with van der Waals surface area (Å²) in [6.07, 6.45) is 0. The van der Waals surface area contributed by atoms with Crippen LogP contribution in [0.15, 0.2) is 24.3 Å². The maximum Gasteiger partial charge on any atom is 0.288 e. The molecule has 1 aromatic carbocycles. The topological polar surface area (TPSA) is 96.7 Å². The van der Waals surface area contributed by atoms with Crippen molar-refractivity contribution in [1.82, 2.24) is 20.5 Å². The van der Waals surface area contributed by atoms with Crippen LogP contribution in [0, 0.1) is 0 Å². The van der Waals surface area contributed by atoms with Crippen molar-refractivity contribution in [2.24, 2.45) is 0 Å². The highest BCUT2D eigenvalue weighted by molar-refractivity contribution is 6.30. The Morgan fingerprint density at radius 3 is 3.00 bits per heavy atom. The molecule has 0 radical (unpaired) electrons. The van der Waals surface area contributed by atoms with Gasteiger partial charge in [-0.15, -0.1) is 5.10 Å². The number of nitrogens with two attached hydrogens (primary N) is 1. The normalized spacial score (nSPS) is 10.2. The van der Waals surface area contributed by atoms with Crippen LogP contribution in [-0.2, 0) is 6.54 Å². The van der Waals surface area contributed by atoms with Crippen molar-refractivity contribution in [3.63, 3.8) is 0 Å². The van der Waals surface area contributed by atoms with Crippen LogP contribution < -0.4 is 11.1 Å². The molecule has 6 nitrogen and oxygen atoms in total. The number of anilines is 1. The van der Waals surface area contributed by atoms with Crippen molar-refractivity contribution in [1.29, 1.82) is 0 Å². The first-order valence-corrected chi connectivity index (χ1v) is 5.23. The lowest BCUT2D eigenvalue weighted by atomic mass is 10.2. The van der Waals surface area contributed by atoms with Crippen molar-refractivity contribution in [3.05, 3.63) is 40.7 Å². The van der Waals surface area contributed by atoms with E-state index in [2.05, 4.69) is 20.5 Å². The van der Waals surface area contributed by atoms with Gasteiger partial charge in [0.2, 0.25) is 11.8 Å². The molecule has 0 spiro atoms. The number of hydrogen-bond acceptors (Lipinski definition) is 4. The smallest absolute Gasteiger partial charge is 0.288 e. The molecule has 1 heterocycles. The van der Waals surface area contributed by atoms with E-state index >= 15 is 0 Å². The van der Waals surface area contributed by atoms with Crippen LogP contribution in [0.4, 0.5) is 5.95 Å². The van der Waals surface area contributed by atoms with Gasteiger partial charge in [0.1, 0.15) is 0 Å². The molecule has 17 heavy (non-hydrogen) atoms. The van der Waals surface area contributed by atoms with Gasteiger partial charge in [-0.2, -0.15) is 4.98 Å². The van der Waals surface area contributed by atoms with Gasteiger partial charge in [0, 0.05) is 11.6 Å². The molecule has 4 N–H and O–H groups in total. The standard InChI is InChI=1S/C10H10ClN5O/c11-7-3-1-2-6(4-7)5-13-9(17)8-14-10(12)16-15-8/h1-4H,5H2,(H,13,17)(H3,12,14,15,16). The lowest BCUT2D eigenvalue weighted by molar-refractivity contribution is 0.0941. The molecule has 0 aliphatic rings. The van der Waals surface area contributed by atoms with Crippen LogP contribution in [0.25, 0.3) is 0 Å². The minimum absolute atomic E-state index is 0.0397. The first kappa shape index (κ1) is 11.4. The molecule has 0 aliphatic heterocycles. The van der Waals surface area contributed by atoms with E-state index in [1.54, 1.807) is 12.1 Å². The van der Waals surface area contributed by atoms with E-state index in [0.717, 1.165) is 5.56 Å². The van der Waals surface area contributed by atoms with Crippen LogP contribution in [-0.4, -0.2) is 21.1 Å². The summed E-state index contributed by atoms with van der Waals surface area (Å²) < 4.78 is 0. The number of nitrogens with zero attached hydrogens (tertiary/aromatic N) is 2. The molecule has 0 fully saturated rings. The molecule has 0 aliphatic carbocycles. The predicted molar refractivity (Wildman–Crippen MR) is 63.4 cm³/mol. The number of aromatic nitrogens is 3. The first-order chi connectivity index (χ1) is 8.15. The summed E-state index contributed by atoms with van der Waals surface area (Å²) in [6.45, 7) is 0.361. The van der Waals surface area contributed by atoms with E-state index in [-0.39, 0.29) is 17.7 Å². The Labute approximate surface area is 102 Å². The monoisotopic (exact) mass is 251 g/mol. The summed E-state index contributed by atoms with van der Waals surface area (Å²) in [5.41, 5.74) is 6.19. The highest BCUT2D eigenvalue weighted by Crippen LogP contribution is 2.10. The zero-order chi connectivity index (χ0) is 12.3. The molecule has 1 amide bonds. The van der Waals surface area contributed by atoms with E-state index in [9.17, 15) is 4.79 Å². The minimum atomic E-state index is -0.367. The van der Waals surface area contributed by atoms with Crippen molar-refractivity contribution < 1.29 is 4.79 Å². The van der Waals surface area contributed by atoms with Gasteiger partial charge in [-0.25, -0.2) is 0 Å². The molecule has 7 heteroatoms. The molecular formula is C10H10ClN5O. The molecule has 1 aromatic heterocycles. The Hall–Kier alpha value is -2.08. The fourth-order valence-electron chi connectivity index (χ4n) is 1.29. The lowest BCUT2D eigenvalue weighted by Gasteiger charge is -2.03. The second-order valence-corrected chi connectivity index (χ2v) is 3.79. The quantitative estimate of drug-likeness (QED) is 0.757. The van der Waals surface area contributed by atoms with Gasteiger partial charge in [-0.1, -0.05) is 23.7 Å². The van der Waals surface area contributed by atoms with Crippen LogP contribution in [0.3, 0.4) is 0 Å². The van der Waals surface area contributed by atoms with Crippen molar-refractivity contribution in [2.75, 3.05) is 5.73 Å². The van der Waals surface area contributed by atoms with Crippen LogP contribution >= 0.6 is 11.6 Å². The lowest BCUT2D eigenvalue weighted by Crippen LogP contribution is -2.24. The molecule has 2 aromatic rings. The third-order valence-electron chi connectivity index (χ3n) is 2.06. The fourth-order valence-corrected chi connectivity index (χ4v) is 1.50. The highest BCUT2D eigenvalue weighted by Gasteiger charge is 2.09. The second-order valence-electron chi connectivity index (χ2n) is 3.35. The zero-order valence-electron chi connectivity index (χ0n) is 8.77. The average Bonchev–Trinajstić information content (AvgIpc) is 2.73. The van der Waals surface area contributed by atoms with Gasteiger partial charge >= 0.3 is 0 Å². The number of amides is 1.